The van der Waals surface area contributed by atoms with Crippen molar-refractivity contribution in [3.05, 3.63) is 24.0 Å². The Hall–Kier alpha value is -1.09. The maximum absolute atomic E-state index is 5.85. The summed E-state index contributed by atoms with van der Waals surface area (Å²) >= 11 is 0. The van der Waals surface area contributed by atoms with Gasteiger partial charge in [0.25, 0.3) is 0 Å². The first-order valence-corrected chi connectivity index (χ1v) is 5.70. The van der Waals surface area contributed by atoms with E-state index in [1.807, 2.05) is 12.1 Å². The van der Waals surface area contributed by atoms with Gasteiger partial charge in [-0.15, -0.1) is 0 Å². The molecule has 0 aromatic carbocycles. The van der Waals surface area contributed by atoms with Crippen molar-refractivity contribution >= 4 is 0 Å². The zero-order valence-electron chi connectivity index (χ0n) is 8.98. The lowest BCUT2D eigenvalue weighted by molar-refractivity contribution is 0.154. The van der Waals surface area contributed by atoms with Crippen molar-refractivity contribution < 1.29 is 4.74 Å². The topological polar surface area (TPSA) is 48.1 Å². The molecule has 0 aliphatic heterocycles. The number of rotatable bonds is 3. The van der Waals surface area contributed by atoms with Gasteiger partial charge in [-0.25, -0.2) is 0 Å². The molecule has 1 aliphatic carbocycles. The number of aromatic nitrogens is 1. The van der Waals surface area contributed by atoms with Crippen molar-refractivity contribution in [2.75, 3.05) is 0 Å². The smallest absolute Gasteiger partial charge is 0.138 e. The van der Waals surface area contributed by atoms with Crippen LogP contribution in [0.15, 0.2) is 18.3 Å². The Morgan fingerprint density at radius 2 is 2.07 bits per heavy atom. The van der Waals surface area contributed by atoms with Crippen LogP contribution in [-0.4, -0.2) is 11.1 Å². The van der Waals surface area contributed by atoms with Crippen molar-refractivity contribution in [3.63, 3.8) is 0 Å². The molecule has 15 heavy (non-hydrogen) atoms. The molecule has 1 aromatic rings. The van der Waals surface area contributed by atoms with Crippen LogP contribution in [0.2, 0.25) is 0 Å². The lowest BCUT2D eigenvalue weighted by atomic mass is 9.98. The molecule has 1 aromatic heterocycles. The van der Waals surface area contributed by atoms with Gasteiger partial charge in [-0.2, -0.15) is 0 Å². The van der Waals surface area contributed by atoms with Gasteiger partial charge in [-0.05, 0) is 37.8 Å². The van der Waals surface area contributed by atoms with Crippen LogP contribution in [0, 0.1) is 0 Å². The van der Waals surface area contributed by atoms with E-state index in [1.54, 1.807) is 6.20 Å². The average Bonchev–Trinajstić information content (AvgIpc) is 2.31. The van der Waals surface area contributed by atoms with Crippen molar-refractivity contribution in [2.24, 2.45) is 5.73 Å². The van der Waals surface area contributed by atoms with Gasteiger partial charge < -0.3 is 10.5 Å². The Kier molecular flexibility index (Phi) is 3.56. The zero-order chi connectivity index (χ0) is 10.5. The number of ether oxygens (including phenoxy) is 1. The van der Waals surface area contributed by atoms with Crippen molar-refractivity contribution in [1.29, 1.82) is 0 Å². The molecule has 1 heterocycles. The minimum absolute atomic E-state index is 0.393. The second-order valence-electron chi connectivity index (χ2n) is 4.07. The van der Waals surface area contributed by atoms with Crippen LogP contribution < -0.4 is 10.5 Å². The molecule has 0 amide bonds. The van der Waals surface area contributed by atoms with Crippen LogP contribution in [0.5, 0.6) is 5.75 Å². The predicted molar refractivity (Wildman–Crippen MR) is 59.6 cm³/mol. The van der Waals surface area contributed by atoms with Gasteiger partial charge in [0.05, 0.1) is 18.0 Å². The first-order chi connectivity index (χ1) is 7.38. The number of pyridine rings is 1. The molecule has 0 atom stereocenters. The molecule has 1 fully saturated rings. The van der Waals surface area contributed by atoms with E-state index in [1.165, 1.54) is 32.1 Å². The Labute approximate surface area is 90.7 Å². The van der Waals surface area contributed by atoms with Gasteiger partial charge in [0.15, 0.2) is 0 Å². The summed E-state index contributed by atoms with van der Waals surface area (Å²) in [5, 5.41) is 0. The summed E-state index contributed by atoms with van der Waals surface area (Å²) in [4.78, 5) is 4.21. The number of nitrogens with two attached hydrogens (primary N) is 1. The number of nitrogens with zero attached hydrogens (tertiary/aromatic N) is 1. The van der Waals surface area contributed by atoms with E-state index in [4.69, 9.17) is 10.5 Å². The first-order valence-electron chi connectivity index (χ1n) is 5.70. The zero-order valence-corrected chi connectivity index (χ0v) is 8.98. The minimum atomic E-state index is 0.393. The normalized spacial score (nSPS) is 17.7. The van der Waals surface area contributed by atoms with Crippen LogP contribution in [-0.2, 0) is 6.54 Å². The Morgan fingerprint density at radius 1 is 1.27 bits per heavy atom. The molecule has 82 valence electrons. The molecule has 3 nitrogen and oxygen atoms in total. The molecule has 2 rings (SSSR count). The lowest BCUT2D eigenvalue weighted by Gasteiger charge is -2.22. The molecule has 1 aliphatic rings. The second-order valence-corrected chi connectivity index (χ2v) is 4.07. The molecular weight excluding hydrogens is 188 g/mol. The largest absolute Gasteiger partial charge is 0.489 e. The van der Waals surface area contributed by atoms with E-state index in [2.05, 4.69) is 4.98 Å². The van der Waals surface area contributed by atoms with E-state index < -0.39 is 0 Å². The first kappa shape index (κ1) is 10.4. The molecule has 0 unspecified atom stereocenters. The molecule has 0 saturated heterocycles. The molecule has 0 spiro atoms. The van der Waals surface area contributed by atoms with E-state index in [9.17, 15) is 0 Å². The fourth-order valence-corrected chi connectivity index (χ4v) is 1.98. The van der Waals surface area contributed by atoms with Gasteiger partial charge in [0, 0.05) is 6.54 Å². The highest BCUT2D eigenvalue weighted by Gasteiger charge is 2.14. The van der Waals surface area contributed by atoms with E-state index in [-0.39, 0.29) is 0 Å². The van der Waals surface area contributed by atoms with Gasteiger partial charge >= 0.3 is 0 Å². The second kappa shape index (κ2) is 5.12. The highest BCUT2D eigenvalue weighted by Crippen LogP contribution is 2.22. The van der Waals surface area contributed by atoms with Gasteiger partial charge in [0.2, 0.25) is 0 Å². The van der Waals surface area contributed by atoms with Gasteiger partial charge in [0.1, 0.15) is 5.75 Å². The fraction of sp³-hybridized carbons (Fsp3) is 0.583. The van der Waals surface area contributed by atoms with Crippen molar-refractivity contribution in [3.8, 4) is 5.75 Å². The highest BCUT2D eigenvalue weighted by molar-refractivity contribution is 5.20. The molecule has 3 heteroatoms. The third-order valence-corrected chi connectivity index (χ3v) is 2.86. The summed E-state index contributed by atoms with van der Waals surface area (Å²) in [6.07, 6.45) is 8.46. The molecular formula is C12H18N2O. The minimum Gasteiger partial charge on any atom is -0.489 e. The Balaban J connectivity index is 1.91. The Morgan fingerprint density at radius 3 is 2.67 bits per heavy atom. The highest BCUT2D eigenvalue weighted by atomic mass is 16.5. The van der Waals surface area contributed by atoms with E-state index in [0.29, 0.717) is 12.6 Å². The van der Waals surface area contributed by atoms with Crippen LogP contribution >= 0.6 is 0 Å². The summed E-state index contributed by atoms with van der Waals surface area (Å²) in [6.45, 7) is 0.490. The number of hydrogen-bond acceptors (Lipinski definition) is 3. The lowest BCUT2D eigenvalue weighted by Crippen LogP contribution is -2.19. The Bertz CT molecular complexity index is 291. The van der Waals surface area contributed by atoms with E-state index >= 15 is 0 Å². The van der Waals surface area contributed by atoms with Gasteiger partial charge in [-0.1, -0.05) is 6.42 Å². The quantitative estimate of drug-likeness (QED) is 0.825. The third kappa shape index (κ3) is 2.93. The van der Waals surface area contributed by atoms with Crippen molar-refractivity contribution in [2.45, 2.75) is 44.8 Å². The maximum atomic E-state index is 5.85. The van der Waals surface area contributed by atoms with Crippen molar-refractivity contribution in [1.82, 2.24) is 4.98 Å². The third-order valence-electron chi connectivity index (χ3n) is 2.86. The van der Waals surface area contributed by atoms with Crippen LogP contribution in [0.25, 0.3) is 0 Å². The molecule has 1 saturated carbocycles. The molecule has 0 radical (unpaired) electrons. The summed E-state index contributed by atoms with van der Waals surface area (Å²) in [5.41, 5.74) is 6.39. The summed E-state index contributed by atoms with van der Waals surface area (Å²) in [5.74, 6) is 0.874. The molecule has 0 bridgehead atoms. The average molecular weight is 206 g/mol. The van der Waals surface area contributed by atoms with Crippen LogP contribution in [0.4, 0.5) is 0 Å². The SMILES string of the molecule is NCc1ccc(OC2CCCCC2)cn1. The standard InChI is InChI=1S/C12H18N2O/c13-8-10-6-7-12(9-14-10)15-11-4-2-1-3-5-11/h6-7,9,11H,1-5,8,13H2. The summed E-state index contributed by atoms with van der Waals surface area (Å²) in [7, 11) is 0. The maximum Gasteiger partial charge on any atom is 0.138 e. The van der Waals surface area contributed by atoms with Gasteiger partial charge in [-0.3, -0.25) is 4.98 Å². The predicted octanol–water partition coefficient (Wildman–Crippen LogP) is 2.25. The summed E-state index contributed by atoms with van der Waals surface area (Å²) < 4.78 is 5.85. The monoisotopic (exact) mass is 206 g/mol. The summed E-state index contributed by atoms with van der Waals surface area (Å²) in [6, 6.07) is 3.89. The van der Waals surface area contributed by atoms with Crippen LogP contribution in [0.1, 0.15) is 37.8 Å². The number of hydrogen-bond donors (Lipinski definition) is 1. The van der Waals surface area contributed by atoms with Crippen LogP contribution in [0.3, 0.4) is 0 Å². The van der Waals surface area contributed by atoms with E-state index in [0.717, 1.165) is 11.4 Å². The fourth-order valence-electron chi connectivity index (χ4n) is 1.98. The molecule has 2 N–H and O–H groups in total.